The number of benzene rings is 2. The van der Waals surface area contributed by atoms with Crippen LogP contribution in [0.4, 0.5) is 5.13 Å². The smallest absolute Gasteiger partial charge is 0.278 e. The Balaban J connectivity index is 1.61. The summed E-state index contributed by atoms with van der Waals surface area (Å²) in [6.45, 7) is 1.24. The second kappa shape index (κ2) is 10.4. The summed E-state index contributed by atoms with van der Waals surface area (Å²) in [6, 6.07) is 14.8. The van der Waals surface area contributed by atoms with E-state index >= 15 is 0 Å². The summed E-state index contributed by atoms with van der Waals surface area (Å²) in [5.41, 5.74) is 2.51. The molecule has 7 nitrogen and oxygen atoms in total. The van der Waals surface area contributed by atoms with Gasteiger partial charge in [-0.15, -0.1) is 11.3 Å². The number of methoxy groups -OCH3 is 1. The predicted octanol–water partition coefficient (Wildman–Crippen LogP) is 5.52. The number of hydrogen-bond acceptors (Lipinski definition) is 6. The lowest BCUT2D eigenvalue weighted by Gasteiger charge is -2.06. The Bertz CT molecular complexity index is 1160. The molecule has 164 valence electrons. The molecule has 2 aromatic heterocycles. The summed E-state index contributed by atoms with van der Waals surface area (Å²) in [7, 11) is 1.67. The summed E-state index contributed by atoms with van der Waals surface area (Å²) in [4.78, 5) is 25.0. The van der Waals surface area contributed by atoms with Crippen molar-refractivity contribution in [2.24, 2.45) is 0 Å². The van der Waals surface area contributed by atoms with Gasteiger partial charge in [0.05, 0.1) is 12.3 Å². The number of carbonyl (C=O) groups excluding carboxylic acids is 1. The van der Waals surface area contributed by atoms with Crippen molar-refractivity contribution < 1.29 is 14.3 Å². The van der Waals surface area contributed by atoms with Gasteiger partial charge >= 0.3 is 0 Å². The molecule has 0 radical (unpaired) electrons. The van der Waals surface area contributed by atoms with E-state index < -0.39 is 0 Å². The SMILES string of the molecule is COCCCOc1ccc(-c2nc(C(=O)Nc3nccs3)c(-c3ccc(Cl)cc3)[nH]2)cc1. The van der Waals surface area contributed by atoms with Crippen LogP contribution in [0.3, 0.4) is 0 Å². The van der Waals surface area contributed by atoms with Gasteiger partial charge in [-0.05, 0) is 36.4 Å². The molecule has 4 rings (SSSR count). The minimum Gasteiger partial charge on any atom is -0.494 e. The van der Waals surface area contributed by atoms with E-state index in [2.05, 4.69) is 20.3 Å². The molecular formula is C23H21ClN4O3S. The summed E-state index contributed by atoms with van der Waals surface area (Å²) in [5.74, 6) is 0.992. The fourth-order valence-corrected chi connectivity index (χ4v) is 3.69. The average molecular weight is 469 g/mol. The third-order valence-electron chi connectivity index (χ3n) is 4.59. The lowest BCUT2D eigenvalue weighted by atomic mass is 10.1. The van der Waals surface area contributed by atoms with E-state index in [4.69, 9.17) is 21.1 Å². The maximum Gasteiger partial charge on any atom is 0.278 e. The van der Waals surface area contributed by atoms with Crippen molar-refractivity contribution in [3.63, 3.8) is 0 Å². The van der Waals surface area contributed by atoms with E-state index in [1.807, 2.05) is 36.4 Å². The van der Waals surface area contributed by atoms with Crippen LogP contribution in [0, 0.1) is 0 Å². The van der Waals surface area contributed by atoms with Crippen LogP contribution >= 0.6 is 22.9 Å². The van der Waals surface area contributed by atoms with Crippen LogP contribution < -0.4 is 10.1 Å². The molecule has 0 saturated heterocycles. The number of nitrogens with one attached hydrogen (secondary N) is 2. The number of hydrogen-bond donors (Lipinski definition) is 2. The predicted molar refractivity (Wildman–Crippen MR) is 127 cm³/mol. The standard InChI is InChI=1S/C23H21ClN4O3S/c1-30-12-2-13-31-18-9-5-16(6-10-18)21-26-19(15-3-7-17(24)8-4-15)20(27-21)22(29)28-23-25-11-14-32-23/h3-11,14H,2,12-13H2,1H3,(H,26,27)(H,25,28,29). The lowest BCUT2D eigenvalue weighted by Crippen LogP contribution is -2.13. The molecule has 2 N–H and O–H groups in total. The number of thiazole rings is 1. The highest BCUT2D eigenvalue weighted by molar-refractivity contribution is 7.13. The highest BCUT2D eigenvalue weighted by Gasteiger charge is 2.20. The first kappa shape index (κ1) is 22.0. The first-order valence-electron chi connectivity index (χ1n) is 9.93. The van der Waals surface area contributed by atoms with E-state index in [-0.39, 0.29) is 11.6 Å². The Morgan fingerprint density at radius 2 is 1.84 bits per heavy atom. The number of H-pyrrole nitrogens is 1. The van der Waals surface area contributed by atoms with Crippen LogP contribution in [-0.4, -0.2) is 41.2 Å². The summed E-state index contributed by atoms with van der Waals surface area (Å²) >= 11 is 7.38. The number of halogens is 1. The molecule has 2 aromatic carbocycles. The molecule has 0 saturated carbocycles. The Labute approximate surface area is 194 Å². The van der Waals surface area contributed by atoms with Gasteiger partial charge in [0.1, 0.15) is 11.6 Å². The first-order valence-corrected chi connectivity index (χ1v) is 11.2. The zero-order valence-electron chi connectivity index (χ0n) is 17.3. The van der Waals surface area contributed by atoms with Gasteiger partial charge in [0.2, 0.25) is 0 Å². The molecule has 0 unspecified atom stereocenters. The quantitative estimate of drug-likeness (QED) is 0.316. The molecular weight excluding hydrogens is 448 g/mol. The second-order valence-corrected chi connectivity index (χ2v) is 8.16. The number of imidazole rings is 1. The summed E-state index contributed by atoms with van der Waals surface area (Å²) in [6.07, 6.45) is 2.45. The molecule has 4 aromatic rings. The van der Waals surface area contributed by atoms with Crippen LogP contribution in [0.1, 0.15) is 16.9 Å². The fraction of sp³-hybridized carbons (Fsp3) is 0.174. The summed E-state index contributed by atoms with van der Waals surface area (Å²) in [5, 5.41) is 5.72. The number of amides is 1. The zero-order chi connectivity index (χ0) is 22.3. The number of ether oxygens (including phenoxy) is 2. The van der Waals surface area contributed by atoms with Crippen molar-refractivity contribution in [3.05, 3.63) is 70.8 Å². The number of aromatic amines is 1. The van der Waals surface area contributed by atoms with Gasteiger partial charge in [-0.1, -0.05) is 23.7 Å². The van der Waals surface area contributed by atoms with Gasteiger partial charge in [-0.25, -0.2) is 9.97 Å². The molecule has 9 heteroatoms. The number of anilines is 1. The maximum absolute atomic E-state index is 13.0. The number of aromatic nitrogens is 3. The fourth-order valence-electron chi connectivity index (χ4n) is 3.04. The van der Waals surface area contributed by atoms with E-state index in [1.54, 1.807) is 30.8 Å². The summed E-state index contributed by atoms with van der Waals surface area (Å²) < 4.78 is 10.7. The third-order valence-corrected chi connectivity index (χ3v) is 5.53. The molecule has 0 atom stereocenters. The first-order chi connectivity index (χ1) is 15.6. The van der Waals surface area contributed by atoms with Gasteiger partial charge < -0.3 is 14.5 Å². The Hall–Kier alpha value is -3.20. The van der Waals surface area contributed by atoms with Gasteiger partial charge in [0.15, 0.2) is 10.8 Å². The molecule has 2 heterocycles. The van der Waals surface area contributed by atoms with Crippen molar-refractivity contribution in [1.82, 2.24) is 15.0 Å². The minimum absolute atomic E-state index is 0.275. The Morgan fingerprint density at radius 3 is 2.53 bits per heavy atom. The van der Waals surface area contributed by atoms with Crippen molar-refractivity contribution >= 4 is 34.0 Å². The van der Waals surface area contributed by atoms with Gasteiger partial charge in [0, 0.05) is 47.9 Å². The highest BCUT2D eigenvalue weighted by Crippen LogP contribution is 2.29. The molecule has 0 aliphatic carbocycles. The van der Waals surface area contributed by atoms with E-state index in [9.17, 15) is 4.79 Å². The Morgan fingerprint density at radius 1 is 1.09 bits per heavy atom. The van der Waals surface area contributed by atoms with Crippen LogP contribution in [0.5, 0.6) is 5.75 Å². The lowest BCUT2D eigenvalue weighted by molar-refractivity contribution is 0.102. The van der Waals surface area contributed by atoms with Crippen LogP contribution in [-0.2, 0) is 4.74 Å². The second-order valence-electron chi connectivity index (χ2n) is 6.83. The number of carbonyl (C=O) groups is 1. The highest BCUT2D eigenvalue weighted by atomic mass is 35.5. The van der Waals surface area contributed by atoms with Crippen LogP contribution in [0.15, 0.2) is 60.1 Å². The topological polar surface area (TPSA) is 89.1 Å². The van der Waals surface area contributed by atoms with Gasteiger partial charge in [0.25, 0.3) is 5.91 Å². The maximum atomic E-state index is 13.0. The van der Waals surface area contributed by atoms with Crippen molar-refractivity contribution in [2.75, 3.05) is 25.6 Å². The van der Waals surface area contributed by atoms with E-state index in [0.29, 0.717) is 34.9 Å². The number of nitrogens with zero attached hydrogens (tertiary/aromatic N) is 2. The van der Waals surface area contributed by atoms with Crippen molar-refractivity contribution in [1.29, 1.82) is 0 Å². The Kier molecular flexibility index (Phi) is 7.16. The van der Waals surface area contributed by atoms with Crippen molar-refractivity contribution in [3.8, 4) is 28.4 Å². The molecule has 0 fully saturated rings. The van der Waals surface area contributed by atoms with E-state index in [0.717, 1.165) is 23.3 Å². The van der Waals surface area contributed by atoms with Gasteiger partial charge in [-0.3, -0.25) is 10.1 Å². The molecule has 0 bridgehead atoms. The molecule has 0 spiro atoms. The van der Waals surface area contributed by atoms with E-state index in [1.165, 1.54) is 11.3 Å². The average Bonchev–Trinajstić information content (AvgIpc) is 3.48. The molecule has 0 aliphatic rings. The third kappa shape index (κ3) is 5.34. The number of rotatable bonds is 9. The normalized spacial score (nSPS) is 10.8. The minimum atomic E-state index is -0.342. The van der Waals surface area contributed by atoms with Gasteiger partial charge in [-0.2, -0.15) is 0 Å². The monoisotopic (exact) mass is 468 g/mol. The van der Waals surface area contributed by atoms with Crippen LogP contribution in [0.25, 0.3) is 22.6 Å². The molecule has 1 amide bonds. The van der Waals surface area contributed by atoms with Crippen LogP contribution in [0.2, 0.25) is 5.02 Å². The largest absolute Gasteiger partial charge is 0.494 e. The molecule has 0 aliphatic heterocycles. The van der Waals surface area contributed by atoms with Crippen molar-refractivity contribution in [2.45, 2.75) is 6.42 Å². The molecule has 32 heavy (non-hydrogen) atoms. The zero-order valence-corrected chi connectivity index (χ0v) is 18.9.